The number of hydrogen-bond acceptors (Lipinski definition) is 5. The number of anilines is 1. The highest BCUT2D eigenvalue weighted by Gasteiger charge is 2.59. The molecule has 2 aromatic rings. The molecule has 0 spiro atoms. The zero-order valence-corrected chi connectivity index (χ0v) is 17.5. The Balaban J connectivity index is 1.81. The van der Waals surface area contributed by atoms with Crippen molar-refractivity contribution in [2.45, 2.75) is 32.5 Å². The number of nitrogens with zero attached hydrogens (tertiary/aromatic N) is 1. The lowest BCUT2D eigenvalue weighted by molar-refractivity contribution is -0.159. The van der Waals surface area contributed by atoms with E-state index in [4.69, 9.17) is 26.4 Å². The highest BCUT2D eigenvalue weighted by Crippen LogP contribution is 2.49. The molecule has 0 aromatic heterocycles. The second kappa shape index (κ2) is 7.55. The lowest BCUT2D eigenvalue weighted by Gasteiger charge is -2.55. The predicted octanol–water partition coefficient (Wildman–Crippen LogP) is 3.81. The lowest BCUT2D eigenvalue weighted by Crippen LogP contribution is -2.71. The maximum absolute atomic E-state index is 13.0. The van der Waals surface area contributed by atoms with E-state index in [9.17, 15) is 4.79 Å². The van der Waals surface area contributed by atoms with Gasteiger partial charge in [-0.25, -0.2) is 0 Å². The number of thiocarbonyl (C=S) groups is 1. The van der Waals surface area contributed by atoms with Crippen LogP contribution in [-0.4, -0.2) is 30.0 Å². The number of esters is 1. The largest absolute Gasteiger partial charge is 0.494 e. The van der Waals surface area contributed by atoms with E-state index in [-0.39, 0.29) is 12.0 Å². The third kappa shape index (κ3) is 3.19. The van der Waals surface area contributed by atoms with Crippen LogP contribution in [0.1, 0.15) is 32.4 Å². The molecule has 0 unspecified atom stereocenters. The first-order valence-electron chi connectivity index (χ1n) is 9.77. The summed E-state index contributed by atoms with van der Waals surface area (Å²) in [5.41, 5.74) is 0.665. The number of benzene rings is 2. The van der Waals surface area contributed by atoms with Gasteiger partial charge in [-0.2, -0.15) is 0 Å². The molecule has 2 aliphatic rings. The summed E-state index contributed by atoms with van der Waals surface area (Å²) in [7, 11) is 0. The van der Waals surface area contributed by atoms with Gasteiger partial charge in [0.1, 0.15) is 17.4 Å². The summed E-state index contributed by atoms with van der Waals surface area (Å²) >= 11 is 5.70. The summed E-state index contributed by atoms with van der Waals surface area (Å²) in [6.07, 6.45) is 0. The average molecular weight is 413 g/mol. The number of nitrogens with one attached hydrogen (secondary N) is 1. The van der Waals surface area contributed by atoms with Crippen molar-refractivity contribution in [3.63, 3.8) is 0 Å². The van der Waals surface area contributed by atoms with Crippen molar-refractivity contribution in [2.75, 3.05) is 18.1 Å². The number of carbonyl (C=O) groups is 1. The van der Waals surface area contributed by atoms with Crippen LogP contribution in [0.3, 0.4) is 0 Å². The minimum absolute atomic E-state index is 0.299. The molecule has 6 nitrogen and oxygen atoms in total. The minimum atomic E-state index is -1.04. The number of fused-ring (bicyclic) bond motifs is 4. The monoisotopic (exact) mass is 412 g/mol. The lowest BCUT2D eigenvalue weighted by atomic mass is 9.79. The molecule has 0 saturated carbocycles. The summed E-state index contributed by atoms with van der Waals surface area (Å²) in [5.74, 6) is 0.578. The summed E-state index contributed by atoms with van der Waals surface area (Å²) in [6.45, 7) is 6.52. The van der Waals surface area contributed by atoms with Gasteiger partial charge < -0.3 is 19.5 Å². The summed E-state index contributed by atoms with van der Waals surface area (Å²) in [6, 6.07) is 15.0. The summed E-state index contributed by atoms with van der Waals surface area (Å²) < 4.78 is 17.4. The molecule has 3 atom stereocenters. The van der Waals surface area contributed by atoms with Crippen molar-refractivity contribution in [3.05, 3.63) is 54.1 Å². The van der Waals surface area contributed by atoms with Crippen LogP contribution >= 0.6 is 12.2 Å². The molecule has 0 aliphatic carbocycles. The van der Waals surface area contributed by atoms with Crippen LogP contribution < -0.4 is 19.7 Å². The third-order valence-corrected chi connectivity index (χ3v) is 5.65. The topological polar surface area (TPSA) is 60.0 Å². The SMILES string of the molecule is CCOC(=O)[C@H]1[C@H]2NC(=S)N(c3ccc(OCC)cc3)[C@@]1(C)Oc1ccccc12. The molecule has 1 N–H and O–H groups in total. The Hall–Kier alpha value is -2.80. The summed E-state index contributed by atoms with van der Waals surface area (Å²) in [5, 5.41) is 3.85. The standard InChI is InChI=1S/C22H24N2O4S/c1-4-26-15-12-10-14(11-13-15)24-21(29)23-19-16-8-6-7-9-17(16)28-22(24,3)18(19)20(25)27-5-2/h6-13,18-19H,4-5H2,1-3H3,(H,23,29)/t18-,19+,22+/m1/s1. The molecule has 2 heterocycles. The zero-order valence-electron chi connectivity index (χ0n) is 16.7. The van der Waals surface area contributed by atoms with Gasteiger partial charge in [0, 0.05) is 11.3 Å². The van der Waals surface area contributed by atoms with Crippen molar-refractivity contribution in [1.82, 2.24) is 5.32 Å². The van der Waals surface area contributed by atoms with E-state index in [2.05, 4.69) is 5.32 Å². The fraction of sp³-hybridized carbons (Fsp3) is 0.364. The van der Waals surface area contributed by atoms with Crippen LogP contribution in [0.5, 0.6) is 11.5 Å². The zero-order chi connectivity index (χ0) is 20.6. The van der Waals surface area contributed by atoms with Gasteiger partial charge in [0.25, 0.3) is 0 Å². The van der Waals surface area contributed by atoms with Crippen LogP contribution in [0.15, 0.2) is 48.5 Å². The maximum Gasteiger partial charge on any atom is 0.317 e. The van der Waals surface area contributed by atoms with Crippen LogP contribution in [0.2, 0.25) is 0 Å². The molecule has 2 bridgehead atoms. The van der Waals surface area contributed by atoms with E-state index in [0.717, 1.165) is 22.7 Å². The minimum Gasteiger partial charge on any atom is -0.494 e. The number of hydrogen-bond donors (Lipinski definition) is 1. The van der Waals surface area contributed by atoms with E-state index in [0.29, 0.717) is 18.3 Å². The van der Waals surface area contributed by atoms with Crippen LogP contribution in [0.4, 0.5) is 5.69 Å². The second-order valence-electron chi connectivity index (χ2n) is 7.11. The van der Waals surface area contributed by atoms with Gasteiger partial charge in [-0.3, -0.25) is 9.69 Å². The van der Waals surface area contributed by atoms with Crippen molar-refractivity contribution in [2.24, 2.45) is 5.92 Å². The first-order chi connectivity index (χ1) is 14.0. The first-order valence-corrected chi connectivity index (χ1v) is 10.2. The highest BCUT2D eigenvalue weighted by molar-refractivity contribution is 7.80. The Morgan fingerprint density at radius 1 is 1.17 bits per heavy atom. The molecule has 1 fully saturated rings. The summed E-state index contributed by atoms with van der Waals surface area (Å²) in [4.78, 5) is 14.9. The van der Waals surface area contributed by atoms with Gasteiger partial charge in [0.15, 0.2) is 5.11 Å². The molecule has 2 aliphatic heterocycles. The van der Waals surface area contributed by atoms with E-state index >= 15 is 0 Å². The molecule has 152 valence electrons. The van der Waals surface area contributed by atoms with Gasteiger partial charge in [-0.15, -0.1) is 0 Å². The van der Waals surface area contributed by atoms with Gasteiger partial charge in [-0.1, -0.05) is 18.2 Å². The van der Waals surface area contributed by atoms with Crippen molar-refractivity contribution in [1.29, 1.82) is 0 Å². The molecule has 7 heteroatoms. The quantitative estimate of drug-likeness (QED) is 0.592. The van der Waals surface area contributed by atoms with E-state index < -0.39 is 11.6 Å². The van der Waals surface area contributed by atoms with Crippen molar-refractivity contribution >= 4 is 29.0 Å². The van der Waals surface area contributed by atoms with Crippen LogP contribution in [-0.2, 0) is 9.53 Å². The Morgan fingerprint density at radius 3 is 2.59 bits per heavy atom. The van der Waals surface area contributed by atoms with Crippen LogP contribution in [0, 0.1) is 5.92 Å². The number of carbonyl (C=O) groups excluding carboxylic acids is 1. The fourth-order valence-corrected chi connectivity index (χ4v) is 4.58. The number of ether oxygens (including phenoxy) is 3. The van der Waals surface area contributed by atoms with Crippen molar-refractivity contribution in [3.8, 4) is 11.5 Å². The van der Waals surface area contributed by atoms with E-state index in [1.807, 2.05) is 67.3 Å². The Kier molecular flexibility index (Phi) is 5.08. The normalized spacial score (nSPS) is 24.8. The molecular weight excluding hydrogens is 388 g/mol. The molecule has 1 saturated heterocycles. The molecule has 2 aromatic carbocycles. The molecule has 4 rings (SSSR count). The fourth-order valence-electron chi connectivity index (χ4n) is 4.17. The van der Waals surface area contributed by atoms with Gasteiger partial charge in [0.05, 0.1) is 19.3 Å². The Morgan fingerprint density at radius 2 is 1.90 bits per heavy atom. The van der Waals surface area contributed by atoms with Crippen molar-refractivity contribution < 1.29 is 19.0 Å². The highest BCUT2D eigenvalue weighted by atomic mass is 32.1. The first kappa shape index (κ1) is 19.5. The average Bonchev–Trinajstić information content (AvgIpc) is 2.69. The number of rotatable bonds is 5. The van der Waals surface area contributed by atoms with Gasteiger partial charge in [0.2, 0.25) is 5.72 Å². The molecule has 0 radical (unpaired) electrons. The van der Waals surface area contributed by atoms with E-state index in [1.54, 1.807) is 6.92 Å². The molecule has 29 heavy (non-hydrogen) atoms. The molecule has 0 amide bonds. The second-order valence-corrected chi connectivity index (χ2v) is 7.50. The van der Waals surface area contributed by atoms with Gasteiger partial charge >= 0.3 is 5.97 Å². The van der Waals surface area contributed by atoms with E-state index in [1.165, 1.54) is 0 Å². The van der Waals surface area contributed by atoms with Crippen LogP contribution in [0.25, 0.3) is 0 Å². The molecular formula is C22H24N2O4S. The third-order valence-electron chi connectivity index (χ3n) is 5.35. The Bertz CT molecular complexity index is 933. The smallest absolute Gasteiger partial charge is 0.317 e. The predicted molar refractivity (Wildman–Crippen MR) is 114 cm³/mol. The number of para-hydroxylation sites is 1. The van der Waals surface area contributed by atoms with Gasteiger partial charge in [-0.05, 0) is 63.3 Å². The Labute approximate surface area is 175 Å². The maximum atomic E-state index is 13.0.